The highest BCUT2D eigenvalue weighted by molar-refractivity contribution is 5.96. The van der Waals surface area contributed by atoms with E-state index >= 15 is 0 Å². The van der Waals surface area contributed by atoms with Gasteiger partial charge in [0.15, 0.2) is 11.5 Å². The van der Waals surface area contributed by atoms with Crippen molar-refractivity contribution in [3.63, 3.8) is 0 Å². The predicted molar refractivity (Wildman–Crippen MR) is 64.6 cm³/mol. The molecule has 7 heteroatoms. The Morgan fingerprint density at radius 3 is 2.78 bits per heavy atom. The molecule has 0 aliphatic carbocycles. The molecule has 1 heterocycles. The third kappa shape index (κ3) is 4.36. The van der Waals surface area contributed by atoms with Crippen molar-refractivity contribution in [1.29, 1.82) is 0 Å². The van der Waals surface area contributed by atoms with Crippen LogP contribution in [-0.2, 0) is 9.53 Å². The molecule has 0 aliphatic rings. The van der Waals surface area contributed by atoms with Crippen LogP contribution in [0.3, 0.4) is 0 Å². The van der Waals surface area contributed by atoms with Crippen molar-refractivity contribution >= 4 is 17.7 Å². The van der Waals surface area contributed by atoms with Gasteiger partial charge in [-0.3, -0.25) is 9.59 Å². The molecule has 0 unspecified atom stereocenters. The number of amides is 1. The minimum Gasteiger partial charge on any atom is -0.466 e. The van der Waals surface area contributed by atoms with Crippen molar-refractivity contribution in [3.8, 4) is 0 Å². The second-order valence-electron chi connectivity index (χ2n) is 3.45. The second kappa shape index (κ2) is 7.21. The molecule has 0 aliphatic heterocycles. The van der Waals surface area contributed by atoms with E-state index in [-0.39, 0.29) is 23.9 Å². The molecule has 1 rings (SSSR count). The van der Waals surface area contributed by atoms with Gasteiger partial charge in [-0.05, 0) is 13.3 Å². The van der Waals surface area contributed by atoms with Crippen LogP contribution < -0.4 is 11.1 Å². The van der Waals surface area contributed by atoms with Crippen molar-refractivity contribution < 1.29 is 14.3 Å². The molecule has 0 atom stereocenters. The van der Waals surface area contributed by atoms with Crippen molar-refractivity contribution in [2.45, 2.75) is 19.8 Å². The molecule has 0 bridgehead atoms. The monoisotopic (exact) mass is 252 g/mol. The van der Waals surface area contributed by atoms with Crippen LogP contribution in [0.5, 0.6) is 0 Å². The summed E-state index contributed by atoms with van der Waals surface area (Å²) in [7, 11) is 0. The number of aromatic nitrogens is 2. The summed E-state index contributed by atoms with van der Waals surface area (Å²) in [6, 6.07) is 0. The molecular weight excluding hydrogens is 236 g/mol. The Kier molecular flexibility index (Phi) is 5.56. The normalized spacial score (nSPS) is 9.83. The summed E-state index contributed by atoms with van der Waals surface area (Å²) >= 11 is 0. The maximum absolute atomic E-state index is 11.6. The van der Waals surface area contributed by atoms with Crippen LogP contribution in [-0.4, -0.2) is 35.0 Å². The van der Waals surface area contributed by atoms with Crippen LogP contribution in [0.1, 0.15) is 30.3 Å². The van der Waals surface area contributed by atoms with Gasteiger partial charge >= 0.3 is 5.97 Å². The third-order valence-corrected chi connectivity index (χ3v) is 2.09. The zero-order chi connectivity index (χ0) is 13.4. The molecule has 0 fully saturated rings. The number of hydrogen-bond acceptors (Lipinski definition) is 6. The largest absolute Gasteiger partial charge is 0.466 e. The Labute approximate surface area is 105 Å². The van der Waals surface area contributed by atoms with Gasteiger partial charge in [-0.25, -0.2) is 9.97 Å². The number of nitrogens with one attached hydrogen (secondary N) is 1. The number of ether oxygens (including phenoxy) is 1. The number of anilines is 1. The van der Waals surface area contributed by atoms with Gasteiger partial charge < -0.3 is 15.8 Å². The molecule has 98 valence electrons. The molecule has 0 radical (unpaired) electrons. The van der Waals surface area contributed by atoms with Gasteiger partial charge in [-0.1, -0.05) is 0 Å². The lowest BCUT2D eigenvalue weighted by Crippen LogP contribution is -2.27. The standard InChI is InChI=1S/C11H16N4O3/c1-2-18-8(16)4-3-5-15-11(17)9-10(12)14-7-6-13-9/h6-7H,2-5H2,1H3,(H2,12,14)(H,15,17). The van der Waals surface area contributed by atoms with E-state index in [0.29, 0.717) is 19.6 Å². The summed E-state index contributed by atoms with van der Waals surface area (Å²) in [5, 5.41) is 2.61. The first-order valence-corrected chi connectivity index (χ1v) is 5.65. The maximum atomic E-state index is 11.6. The quantitative estimate of drug-likeness (QED) is 0.550. The van der Waals surface area contributed by atoms with E-state index in [0.717, 1.165) is 0 Å². The first kappa shape index (κ1) is 13.9. The third-order valence-electron chi connectivity index (χ3n) is 2.09. The smallest absolute Gasteiger partial charge is 0.305 e. The minimum atomic E-state index is -0.399. The van der Waals surface area contributed by atoms with Crippen LogP contribution in [0.15, 0.2) is 12.4 Å². The minimum absolute atomic E-state index is 0.0837. The molecule has 1 amide bonds. The average Bonchev–Trinajstić information content (AvgIpc) is 2.35. The van der Waals surface area contributed by atoms with E-state index in [1.807, 2.05) is 0 Å². The summed E-state index contributed by atoms with van der Waals surface area (Å²) in [6.07, 6.45) is 3.57. The summed E-state index contributed by atoms with van der Waals surface area (Å²) < 4.78 is 4.76. The number of carbonyl (C=O) groups excluding carboxylic acids is 2. The predicted octanol–water partition coefficient (Wildman–Crippen LogP) is 0.132. The van der Waals surface area contributed by atoms with Gasteiger partial charge in [0, 0.05) is 25.4 Å². The summed E-state index contributed by atoms with van der Waals surface area (Å²) in [4.78, 5) is 30.3. The first-order chi connectivity index (χ1) is 8.65. The lowest BCUT2D eigenvalue weighted by atomic mass is 10.3. The van der Waals surface area contributed by atoms with Crippen molar-refractivity contribution in [2.75, 3.05) is 18.9 Å². The molecule has 1 aromatic rings. The number of nitrogen functional groups attached to an aromatic ring is 1. The molecule has 3 N–H and O–H groups in total. The van der Waals surface area contributed by atoms with Crippen molar-refractivity contribution in [3.05, 3.63) is 18.1 Å². The molecular formula is C11H16N4O3. The van der Waals surface area contributed by atoms with E-state index < -0.39 is 5.91 Å². The van der Waals surface area contributed by atoms with Crippen LogP contribution in [0.4, 0.5) is 5.82 Å². The van der Waals surface area contributed by atoms with Crippen LogP contribution in [0.25, 0.3) is 0 Å². The van der Waals surface area contributed by atoms with E-state index in [1.165, 1.54) is 12.4 Å². The Morgan fingerprint density at radius 2 is 2.11 bits per heavy atom. The number of nitrogens with two attached hydrogens (primary N) is 1. The fourth-order valence-electron chi connectivity index (χ4n) is 1.28. The first-order valence-electron chi connectivity index (χ1n) is 5.65. The van der Waals surface area contributed by atoms with Crippen LogP contribution in [0.2, 0.25) is 0 Å². The fourth-order valence-corrected chi connectivity index (χ4v) is 1.28. The molecule has 18 heavy (non-hydrogen) atoms. The summed E-state index contributed by atoms with van der Waals surface area (Å²) in [5.74, 6) is -0.587. The van der Waals surface area contributed by atoms with Crippen LogP contribution >= 0.6 is 0 Å². The topological polar surface area (TPSA) is 107 Å². The van der Waals surface area contributed by atoms with Gasteiger partial charge in [0.25, 0.3) is 5.91 Å². The number of esters is 1. The van der Waals surface area contributed by atoms with E-state index in [9.17, 15) is 9.59 Å². The van der Waals surface area contributed by atoms with E-state index in [1.54, 1.807) is 6.92 Å². The van der Waals surface area contributed by atoms with Gasteiger partial charge in [0.05, 0.1) is 6.61 Å². The fraction of sp³-hybridized carbons (Fsp3) is 0.455. The molecule has 7 nitrogen and oxygen atoms in total. The molecule has 0 spiro atoms. The summed E-state index contributed by atoms with van der Waals surface area (Å²) in [5.41, 5.74) is 5.60. The number of carbonyl (C=O) groups is 2. The maximum Gasteiger partial charge on any atom is 0.305 e. The second-order valence-corrected chi connectivity index (χ2v) is 3.45. The molecule has 0 saturated heterocycles. The highest BCUT2D eigenvalue weighted by atomic mass is 16.5. The number of nitrogens with zero attached hydrogens (tertiary/aromatic N) is 2. The van der Waals surface area contributed by atoms with Gasteiger partial charge in [0.2, 0.25) is 0 Å². The Balaban J connectivity index is 2.30. The van der Waals surface area contributed by atoms with E-state index in [4.69, 9.17) is 10.5 Å². The Morgan fingerprint density at radius 1 is 1.39 bits per heavy atom. The van der Waals surface area contributed by atoms with Gasteiger partial charge in [0.1, 0.15) is 0 Å². The summed E-state index contributed by atoms with van der Waals surface area (Å²) in [6.45, 7) is 2.46. The highest BCUT2D eigenvalue weighted by Gasteiger charge is 2.11. The Bertz CT molecular complexity index is 423. The van der Waals surface area contributed by atoms with E-state index in [2.05, 4.69) is 15.3 Å². The zero-order valence-electron chi connectivity index (χ0n) is 10.2. The van der Waals surface area contributed by atoms with Crippen molar-refractivity contribution in [2.24, 2.45) is 0 Å². The van der Waals surface area contributed by atoms with Gasteiger partial charge in [-0.15, -0.1) is 0 Å². The molecule has 0 aromatic carbocycles. The lowest BCUT2D eigenvalue weighted by Gasteiger charge is -2.05. The van der Waals surface area contributed by atoms with Crippen molar-refractivity contribution in [1.82, 2.24) is 15.3 Å². The van der Waals surface area contributed by atoms with Crippen LogP contribution in [0, 0.1) is 0 Å². The zero-order valence-corrected chi connectivity index (χ0v) is 10.2. The van der Waals surface area contributed by atoms with Gasteiger partial charge in [-0.2, -0.15) is 0 Å². The molecule has 1 aromatic heterocycles. The average molecular weight is 252 g/mol. The number of rotatable bonds is 6. The Hall–Kier alpha value is -2.18. The number of hydrogen-bond donors (Lipinski definition) is 2. The SMILES string of the molecule is CCOC(=O)CCCNC(=O)c1nccnc1N. The highest BCUT2D eigenvalue weighted by Crippen LogP contribution is 2.02. The molecule has 0 saturated carbocycles. The lowest BCUT2D eigenvalue weighted by molar-refractivity contribution is -0.143.